The second-order valence-corrected chi connectivity index (χ2v) is 12.0. The van der Waals surface area contributed by atoms with Gasteiger partial charge in [-0.3, -0.25) is 9.10 Å². The number of aromatic nitrogens is 1. The van der Waals surface area contributed by atoms with E-state index in [4.69, 9.17) is 23.2 Å². The van der Waals surface area contributed by atoms with Crippen LogP contribution in [0.15, 0.2) is 82.8 Å². The highest BCUT2D eigenvalue weighted by molar-refractivity contribution is 7.92. The third-order valence-electron chi connectivity index (χ3n) is 6.08. The lowest BCUT2D eigenvalue weighted by molar-refractivity contribution is -0.119. The Balaban J connectivity index is 1.58. The van der Waals surface area contributed by atoms with Crippen molar-refractivity contribution in [2.45, 2.75) is 32.6 Å². The summed E-state index contributed by atoms with van der Waals surface area (Å²) < 4.78 is 30.2. The van der Waals surface area contributed by atoms with Crippen LogP contribution in [0, 0.1) is 27.7 Å². The van der Waals surface area contributed by atoms with E-state index < -0.39 is 22.5 Å². The van der Waals surface area contributed by atoms with Crippen molar-refractivity contribution in [3.63, 3.8) is 0 Å². The van der Waals surface area contributed by atoms with Crippen molar-refractivity contribution in [2.75, 3.05) is 10.8 Å². The molecule has 0 radical (unpaired) electrons. The van der Waals surface area contributed by atoms with Crippen molar-refractivity contribution in [3.8, 4) is 5.69 Å². The summed E-state index contributed by atoms with van der Waals surface area (Å²) >= 11 is 12.4. The molecule has 1 amide bonds. The highest BCUT2D eigenvalue weighted by Gasteiger charge is 2.27. The lowest BCUT2D eigenvalue weighted by Gasteiger charge is -2.24. The van der Waals surface area contributed by atoms with Crippen LogP contribution in [0.1, 0.15) is 28.1 Å². The number of hydrazone groups is 1. The van der Waals surface area contributed by atoms with Crippen LogP contribution in [0.5, 0.6) is 0 Å². The molecule has 4 aromatic rings. The Kier molecular flexibility index (Phi) is 8.49. The zero-order valence-corrected chi connectivity index (χ0v) is 24.3. The molecule has 0 spiro atoms. The van der Waals surface area contributed by atoms with E-state index in [1.54, 1.807) is 36.4 Å². The maximum Gasteiger partial charge on any atom is 0.264 e. The van der Waals surface area contributed by atoms with E-state index in [1.807, 2.05) is 56.5 Å². The molecule has 0 atom stereocenters. The van der Waals surface area contributed by atoms with E-state index in [0.717, 1.165) is 38.1 Å². The predicted octanol–water partition coefficient (Wildman–Crippen LogP) is 6.36. The summed E-state index contributed by atoms with van der Waals surface area (Å²) in [5.41, 5.74) is 8.01. The molecule has 4 rings (SSSR count). The van der Waals surface area contributed by atoms with Crippen LogP contribution < -0.4 is 9.73 Å². The minimum atomic E-state index is -4.01. The van der Waals surface area contributed by atoms with E-state index in [9.17, 15) is 13.2 Å². The van der Waals surface area contributed by atoms with Gasteiger partial charge in [-0.05, 0) is 87.4 Å². The van der Waals surface area contributed by atoms with Crippen molar-refractivity contribution in [1.29, 1.82) is 0 Å². The van der Waals surface area contributed by atoms with Crippen molar-refractivity contribution >= 4 is 51.0 Å². The molecule has 0 bridgehead atoms. The molecule has 3 aromatic carbocycles. The molecule has 1 heterocycles. The molecule has 0 aliphatic heterocycles. The molecule has 39 heavy (non-hydrogen) atoms. The number of sulfonamides is 1. The summed E-state index contributed by atoms with van der Waals surface area (Å²) in [7, 11) is -4.01. The molecule has 1 aromatic heterocycles. The SMILES string of the molecule is Cc1cc(C)cc(N(CC(=O)N/N=C/c2cc(C)n(-c3cc(Cl)cc(Cl)c3)c2C)S(=O)(=O)c2ccccc2)c1. The van der Waals surface area contributed by atoms with Gasteiger partial charge in [0, 0.05) is 32.7 Å². The maximum atomic E-state index is 13.5. The first-order valence-corrected chi connectivity index (χ1v) is 14.3. The van der Waals surface area contributed by atoms with Gasteiger partial charge in [-0.2, -0.15) is 5.10 Å². The number of hydrogen-bond donors (Lipinski definition) is 1. The normalized spacial score (nSPS) is 11.6. The molecule has 1 N–H and O–H groups in total. The van der Waals surface area contributed by atoms with Gasteiger partial charge in [0.1, 0.15) is 6.54 Å². The third-order valence-corrected chi connectivity index (χ3v) is 8.31. The number of nitrogens with one attached hydrogen (secondary N) is 1. The van der Waals surface area contributed by atoms with E-state index in [0.29, 0.717) is 15.7 Å². The van der Waals surface area contributed by atoms with Gasteiger partial charge in [-0.25, -0.2) is 13.8 Å². The van der Waals surface area contributed by atoms with Crippen LogP contribution in [0.3, 0.4) is 0 Å². The molecule has 0 saturated carbocycles. The van der Waals surface area contributed by atoms with Gasteiger partial charge in [0.05, 0.1) is 16.8 Å². The van der Waals surface area contributed by atoms with Crippen LogP contribution >= 0.6 is 23.2 Å². The minimum Gasteiger partial charge on any atom is -0.318 e. The van der Waals surface area contributed by atoms with Crippen molar-refractivity contribution in [3.05, 3.63) is 111 Å². The second-order valence-electron chi connectivity index (χ2n) is 9.25. The largest absolute Gasteiger partial charge is 0.318 e. The molecule has 0 aliphatic rings. The number of carbonyl (C=O) groups excluding carboxylic acids is 1. The molecule has 0 fully saturated rings. The number of hydrogen-bond acceptors (Lipinski definition) is 4. The number of carbonyl (C=O) groups is 1. The van der Waals surface area contributed by atoms with Crippen LogP contribution in [0.2, 0.25) is 10.0 Å². The topological polar surface area (TPSA) is 83.8 Å². The zero-order valence-electron chi connectivity index (χ0n) is 21.9. The molecule has 202 valence electrons. The number of anilines is 1. The minimum absolute atomic E-state index is 0.0917. The number of halogens is 2. The third kappa shape index (κ3) is 6.53. The van der Waals surface area contributed by atoms with Gasteiger partial charge >= 0.3 is 0 Å². The van der Waals surface area contributed by atoms with Gasteiger partial charge in [-0.1, -0.05) is 47.5 Å². The van der Waals surface area contributed by atoms with E-state index >= 15 is 0 Å². The summed E-state index contributed by atoms with van der Waals surface area (Å²) in [6.45, 7) is 7.16. The highest BCUT2D eigenvalue weighted by atomic mass is 35.5. The number of amides is 1. The Morgan fingerprint density at radius 1 is 0.923 bits per heavy atom. The van der Waals surface area contributed by atoms with E-state index in [-0.39, 0.29) is 4.90 Å². The average Bonchev–Trinajstić information content (AvgIpc) is 3.14. The summed E-state index contributed by atoms with van der Waals surface area (Å²) in [5, 5.41) is 5.15. The van der Waals surface area contributed by atoms with Crippen molar-refractivity contribution in [2.24, 2.45) is 5.10 Å². The summed E-state index contributed by atoms with van der Waals surface area (Å²) in [6.07, 6.45) is 1.52. The van der Waals surface area contributed by atoms with E-state index in [1.165, 1.54) is 18.3 Å². The molecular formula is C29H28Cl2N4O3S. The Hall–Kier alpha value is -3.59. The van der Waals surface area contributed by atoms with Crippen LogP contribution in [-0.2, 0) is 14.8 Å². The second kappa shape index (κ2) is 11.7. The zero-order chi connectivity index (χ0) is 28.3. The molecule has 10 heteroatoms. The fourth-order valence-corrected chi connectivity index (χ4v) is 6.39. The van der Waals surface area contributed by atoms with Gasteiger partial charge in [-0.15, -0.1) is 0 Å². The maximum absolute atomic E-state index is 13.5. The number of aryl methyl sites for hydroxylation is 3. The summed E-state index contributed by atoms with van der Waals surface area (Å²) in [4.78, 5) is 13.0. The first-order valence-electron chi connectivity index (χ1n) is 12.1. The fourth-order valence-electron chi connectivity index (χ4n) is 4.45. The Labute approximate surface area is 238 Å². The number of rotatable bonds is 8. The Morgan fingerprint density at radius 2 is 1.54 bits per heavy atom. The van der Waals surface area contributed by atoms with Gasteiger partial charge in [0.15, 0.2) is 0 Å². The molecular weight excluding hydrogens is 555 g/mol. The number of nitrogens with zero attached hydrogens (tertiary/aromatic N) is 3. The molecule has 0 aliphatic carbocycles. The highest BCUT2D eigenvalue weighted by Crippen LogP contribution is 2.27. The fraction of sp³-hybridized carbons (Fsp3) is 0.172. The van der Waals surface area contributed by atoms with E-state index in [2.05, 4.69) is 10.5 Å². The predicted molar refractivity (Wildman–Crippen MR) is 158 cm³/mol. The monoisotopic (exact) mass is 582 g/mol. The molecule has 7 nitrogen and oxygen atoms in total. The summed E-state index contributed by atoms with van der Waals surface area (Å²) in [6, 6.07) is 20.6. The lowest BCUT2D eigenvalue weighted by atomic mass is 10.1. The number of benzene rings is 3. The lowest BCUT2D eigenvalue weighted by Crippen LogP contribution is -2.39. The van der Waals surface area contributed by atoms with Crippen molar-refractivity contribution < 1.29 is 13.2 Å². The first-order chi connectivity index (χ1) is 18.5. The standard InChI is InChI=1S/C29H28Cl2N4O3S/c1-19-10-20(2)12-26(11-19)34(39(37,38)28-8-6-5-7-9-28)18-29(36)33-32-17-23-13-21(3)35(22(23)4)27-15-24(30)14-25(31)16-27/h5-17H,18H2,1-4H3,(H,33,36)/b32-17+. The van der Waals surface area contributed by atoms with Crippen LogP contribution in [0.25, 0.3) is 5.69 Å². The average molecular weight is 584 g/mol. The Morgan fingerprint density at radius 3 is 2.15 bits per heavy atom. The smallest absolute Gasteiger partial charge is 0.264 e. The van der Waals surface area contributed by atoms with Gasteiger partial charge in [0.25, 0.3) is 15.9 Å². The van der Waals surface area contributed by atoms with Gasteiger partial charge in [0.2, 0.25) is 0 Å². The van der Waals surface area contributed by atoms with Crippen molar-refractivity contribution in [1.82, 2.24) is 9.99 Å². The van der Waals surface area contributed by atoms with Crippen LogP contribution in [-0.4, -0.2) is 31.7 Å². The summed E-state index contributed by atoms with van der Waals surface area (Å²) in [5.74, 6) is -0.583. The Bertz CT molecular complexity index is 1630. The van der Waals surface area contributed by atoms with Crippen LogP contribution in [0.4, 0.5) is 5.69 Å². The van der Waals surface area contributed by atoms with Gasteiger partial charge < -0.3 is 4.57 Å². The quantitative estimate of drug-likeness (QED) is 0.194. The molecule has 0 saturated heterocycles. The molecule has 0 unspecified atom stereocenters. The first kappa shape index (κ1) is 28.4.